The molecule has 0 fully saturated rings. The number of aromatic nitrogens is 3. The van der Waals surface area contributed by atoms with E-state index in [2.05, 4.69) is 10.1 Å². The Hall–Kier alpha value is -1.81. The van der Waals surface area contributed by atoms with Gasteiger partial charge in [0.25, 0.3) is 0 Å². The van der Waals surface area contributed by atoms with E-state index in [1.54, 1.807) is 17.1 Å². The van der Waals surface area contributed by atoms with Gasteiger partial charge in [0.1, 0.15) is 12.1 Å². The van der Waals surface area contributed by atoms with Gasteiger partial charge in [-0.25, -0.2) is 9.67 Å². The Bertz CT molecular complexity index is 590. The maximum Gasteiger partial charge on any atom is 0.181 e. The third kappa shape index (κ3) is 3.58. The van der Waals surface area contributed by atoms with Crippen molar-refractivity contribution in [2.24, 2.45) is 0 Å². The molecule has 0 spiro atoms. The zero-order chi connectivity index (χ0) is 13.8. The largest absolute Gasteiger partial charge is 0.491 e. The standard InChI is InChI=1S/C14H16ClN3O/c1-4-5-18-9-16-14(17-18)11-6-12(15)8-13(7-11)19-10(2)3/h4-10H,1-3H3/b5-4-. The van der Waals surface area contributed by atoms with Gasteiger partial charge in [-0.3, -0.25) is 0 Å². The highest BCUT2D eigenvalue weighted by Gasteiger charge is 2.08. The predicted octanol–water partition coefficient (Wildman–Crippen LogP) is 3.88. The highest BCUT2D eigenvalue weighted by Crippen LogP contribution is 2.27. The fraction of sp³-hybridized carbons (Fsp3) is 0.286. The van der Waals surface area contributed by atoms with Crippen LogP contribution in [-0.2, 0) is 0 Å². The fourth-order valence-electron chi connectivity index (χ4n) is 1.66. The number of allylic oxidation sites excluding steroid dienone is 1. The molecule has 0 unspecified atom stereocenters. The minimum atomic E-state index is 0.0971. The average Bonchev–Trinajstić information content (AvgIpc) is 2.76. The smallest absolute Gasteiger partial charge is 0.181 e. The second kappa shape index (κ2) is 5.89. The summed E-state index contributed by atoms with van der Waals surface area (Å²) in [7, 11) is 0. The Morgan fingerprint density at radius 2 is 2.11 bits per heavy atom. The number of halogens is 1. The molecule has 1 aromatic heterocycles. The molecule has 2 aromatic rings. The Kier molecular flexibility index (Phi) is 4.22. The van der Waals surface area contributed by atoms with Gasteiger partial charge >= 0.3 is 0 Å². The van der Waals surface area contributed by atoms with Gasteiger partial charge in [0, 0.05) is 16.8 Å². The minimum Gasteiger partial charge on any atom is -0.491 e. The summed E-state index contributed by atoms with van der Waals surface area (Å²) in [6.45, 7) is 5.87. The topological polar surface area (TPSA) is 39.9 Å². The van der Waals surface area contributed by atoms with E-state index in [4.69, 9.17) is 16.3 Å². The van der Waals surface area contributed by atoms with Crippen LogP contribution in [-0.4, -0.2) is 20.9 Å². The van der Waals surface area contributed by atoms with Crippen molar-refractivity contribution in [3.63, 3.8) is 0 Å². The van der Waals surface area contributed by atoms with Crippen molar-refractivity contribution in [3.8, 4) is 17.1 Å². The van der Waals surface area contributed by atoms with Crippen LogP contribution in [0.5, 0.6) is 5.75 Å². The maximum absolute atomic E-state index is 6.09. The molecule has 0 atom stereocenters. The summed E-state index contributed by atoms with van der Waals surface area (Å²) in [6, 6.07) is 5.50. The van der Waals surface area contributed by atoms with Gasteiger partial charge < -0.3 is 4.74 Å². The Balaban J connectivity index is 2.34. The molecule has 0 saturated carbocycles. The SMILES string of the molecule is C/C=C\n1cnc(-c2cc(Cl)cc(OC(C)C)c2)n1. The molecule has 2 rings (SSSR count). The van der Waals surface area contributed by atoms with Crippen molar-refractivity contribution in [1.29, 1.82) is 0 Å². The maximum atomic E-state index is 6.09. The predicted molar refractivity (Wildman–Crippen MR) is 77.2 cm³/mol. The van der Waals surface area contributed by atoms with Crippen molar-refractivity contribution in [3.05, 3.63) is 35.6 Å². The van der Waals surface area contributed by atoms with Crippen LogP contribution in [0.3, 0.4) is 0 Å². The molecule has 19 heavy (non-hydrogen) atoms. The molecule has 0 saturated heterocycles. The van der Waals surface area contributed by atoms with Crippen LogP contribution in [0.15, 0.2) is 30.6 Å². The monoisotopic (exact) mass is 277 g/mol. The lowest BCUT2D eigenvalue weighted by Gasteiger charge is -2.10. The van der Waals surface area contributed by atoms with Crippen LogP contribution in [0.4, 0.5) is 0 Å². The first kappa shape index (κ1) is 13.6. The summed E-state index contributed by atoms with van der Waals surface area (Å²) in [5, 5.41) is 4.94. The van der Waals surface area contributed by atoms with Crippen LogP contribution in [0.2, 0.25) is 5.02 Å². The Morgan fingerprint density at radius 1 is 1.32 bits per heavy atom. The molecule has 5 heteroatoms. The van der Waals surface area contributed by atoms with E-state index in [1.807, 2.05) is 45.2 Å². The second-order valence-corrected chi connectivity index (χ2v) is 4.81. The van der Waals surface area contributed by atoms with Crippen LogP contribution in [0, 0.1) is 0 Å². The molecule has 0 bridgehead atoms. The molecule has 100 valence electrons. The molecule has 0 aliphatic rings. The van der Waals surface area contributed by atoms with E-state index in [1.165, 1.54) is 0 Å². The number of nitrogens with zero attached hydrogens (tertiary/aromatic N) is 3. The first-order chi connectivity index (χ1) is 9.08. The molecule has 0 aliphatic carbocycles. The summed E-state index contributed by atoms with van der Waals surface area (Å²) in [6.07, 6.45) is 5.47. The zero-order valence-electron chi connectivity index (χ0n) is 11.2. The lowest BCUT2D eigenvalue weighted by Crippen LogP contribution is -2.05. The van der Waals surface area contributed by atoms with Gasteiger partial charge in [0.05, 0.1) is 6.10 Å². The van der Waals surface area contributed by atoms with Gasteiger partial charge in [-0.1, -0.05) is 17.7 Å². The second-order valence-electron chi connectivity index (χ2n) is 4.37. The van der Waals surface area contributed by atoms with Gasteiger partial charge in [0.15, 0.2) is 5.82 Å². The zero-order valence-corrected chi connectivity index (χ0v) is 11.9. The molecule has 0 radical (unpaired) electrons. The van der Waals surface area contributed by atoms with Gasteiger partial charge in [-0.05, 0) is 39.0 Å². The molecular weight excluding hydrogens is 262 g/mol. The average molecular weight is 278 g/mol. The lowest BCUT2D eigenvalue weighted by atomic mass is 10.2. The third-order valence-electron chi connectivity index (χ3n) is 2.31. The fourth-order valence-corrected chi connectivity index (χ4v) is 1.89. The van der Waals surface area contributed by atoms with E-state index in [-0.39, 0.29) is 6.10 Å². The van der Waals surface area contributed by atoms with E-state index < -0.39 is 0 Å². The van der Waals surface area contributed by atoms with E-state index in [0.717, 1.165) is 11.3 Å². The molecule has 4 nitrogen and oxygen atoms in total. The molecule has 0 amide bonds. The summed E-state index contributed by atoms with van der Waals surface area (Å²) < 4.78 is 7.30. The number of hydrogen-bond acceptors (Lipinski definition) is 3. The number of hydrogen-bond donors (Lipinski definition) is 0. The van der Waals surface area contributed by atoms with Crippen LogP contribution in [0.25, 0.3) is 17.6 Å². The van der Waals surface area contributed by atoms with Crippen LogP contribution < -0.4 is 4.74 Å². The van der Waals surface area contributed by atoms with E-state index >= 15 is 0 Å². The Labute approximate surface area is 117 Å². The summed E-state index contributed by atoms with van der Waals surface area (Å²) in [5.41, 5.74) is 0.839. The van der Waals surface area contributed by atoms with Crippen LogP contribution in [0.1, 0.15) is 20.8 Å². The van der Waals surface area contributed by atoms with Crippen molar-refractivity contribution in [2.75, 3.05) is 0 Å². The molecule has 0 aliphatic heterocycles. The van der Waals surface area contributed by atoms with Crippen molar-refractivity contribution >= 4 is 17.8 Å². The lowest BCUT2D eigenvalue weighted by molar-refractivity contribution is 0.242. The van der Waals surface area contributed by atoms with E-state index in [0.29, 0.717) is 10.8 Å². The quantitative estimate of drug-likeness (QED) is 0.851. The van der Waals surface area contributed by atoms with Crippen molar-refractivity contribution in [1.82, 2.24) is 14.8 Å². The number of rotatable bonds is 4. The number of ether oxygens (including phenoxy) is 1. The van der Waals surface area contributed by atoms with Gasteiger partial charge in [0.2, 0.25) is 0 Å². The molecular formula is C14H16ClN3O. The normalized spacial score (nSPS) is 11.4. The Morgan fingerprint density at radius 3 is 2.79 bits per heavy atom. The van der Waals surface area contributed by atoms with Crippen molar-refractivity contribution < 1.29 is 4.74 Å². The highest BCUT2D eigenvalue weighted by atomic mass is 35.5. The minimum absolute atomic E-state index is 0.0971. The molecule has 0 N–H and O–H groups in total. The third-order valence-corrected chi connectivity index (χ3v) is 2.53. The van der Waals surface area contributed by atoms with Gasteiger partial charge in [-0.15, -0.1) is 5.10 Å². The van der Waals surface area contributed by atoms with Crippen molar-refractivity contribution in [2.45, 2.75) is 26.9 Å². The van der Waals surface area contributed by atoms with Crippen LogP contribution >= 0.6 is 11.6 Å². The highest BCUT2D eigenvalue weighted by molar-refractivity contribution is 6.31. The number of benzene rings is 1. The van der Waals surface area contributed by atoms with E-state index in [9.17, 15) is 0 Å². The first-order valence-corrected chi connectivity index (χ1v) is 6.48. The molecule has 1 heterocycles. The summed E-state index contributed by atoms with van der Waals surface area (Å²) in [4.78, 5) is 4.25. The summed E-state index contributed by atoms with van der Waals surface area (Å²) in [5.74, 6) is 1.34. The summed E-state index contributed by atoms with van der Waals surface area (Å²) >= 11 is 6.09. The first-order valence-electron chi connectivity index (χ1n) is 6.10. The van der Waals surface area contributed by atoms with Gasteiger partial charge in [-0.2, -0.15) is 0 Å². The molecule has 1 aromatic carbocycles.